The highest BCUT2D eigenvalue weighted by atomic mass is 16.5. The van der Waals surface area contributed by atoms with Gasteiger partial charge in [0.1, 0.15) is 5.75 Å². The number of carbonyl (C=O) groups is 3. The van der Waals surface area contributed by atoms with Gasteiger partial charge in [-0.3, -0.25) is 19.4 Å². The van der Waals surface area contributed by atoms with Crippen molar-refractivity contribution in [2.24, 2.45) is 5.10 Å². The predicted molar refractivity (Wildman–Crippen MR) is 124 cm³/mol. The van der Waals surface area contributed by atoms with Crippen molar-refractivity contribution in [2.45, 2.75) is 13.5 Å². The van der Waals surface area contributed by atoms with Crippen LogP contribution in [-0.2, 0) is 20.9 Å². The molecule has 2 aromatic carbocycles. The lowest BCUT2D eigenvalue weighted by molar-refractivity contribution is -0.139. The number of benzene rings is 2. The molecule has 0 fully saturated rings. The summed E-state index contributed by atoms with van der Waals surface area (Å²) in [6.45, 7) is 2.03. The second kappa shape index (κ2) is 11.8. The summed E-state index contributed by atoms with van der Waals surface area (Å²) in [6, 6.07) is 17.7. The molecule has 0 unspecified atom stereocenters. The molecule has 0 saturated heterocycles. The number of rotatable bonds is 8. The van der Waals surface area contributed by atoms with Crippen LogP contribution in [0.2, 0.25) is 0 Å². The van der Waals surface area contributed by atoms with Gasteiger partial charge in [0.05, 0.1) is 6.21 Å². The molecule has 0 aliphatic heterocycles. The van der Waals surface area contributed by atoms with E-state index in [1.54, 1.807) is 48.8 Å². The topological polar surface area (TPSA) is 122 Å². The standard InChI is InChI=1S/C24H23N5O4/c1-17-4-8-20(9-5-17)28-22(30)16-33-21-10-6-18(7-11-21)15-27-29-24(32)23(31)26-14-19-3-2-12-25-13-19/h2-13,15H,14,16H2,1H3,(H,26,31)(H,28,30)(H,29,32)/b27-15-. The lowest BCUT2D eigenvalue weighted by Crippen LogP contribution is -2.37. The maximum atomic E-state index is 12.0. The van der Waals surface area contributed by atoms with Crippen LogP contribution in [0.4, 0.5) is 5.69 Å². The average Bonchev–Trinajstić information content (AvgIpc) is 2.84. The zero-order valence-electron chi connectivity index (χ0n) is 17.9. The zero-order valence-corrected chi connectivity index (χ0v) is 17.9. The monoisotopic (exact) mass is 445 g/mol. The first-order valence-electron chi connectivity index (χ1n) is 10.1. The van der Waals surface area contributed by atoms with E-state index in [0.717, 1.165) is 11.1 Å². The van der Waals surface area contributed by atoms with Crippen LogP contribution in [0.5, 0.6) is 5.75 Å². The number of aromatic nitrogens is 1. The molecular formula is C24H23N5O4. The minimum atomic E-state index is -0.880. The summed E-state index contributed by atoms with van der Waals surface area (Å²) in [4.78, 5) is 39.5. The maximum Gasteiger partial charge on any atom is 0.329 e. The van der Waals surface area contributed by atoms with E-state index in [9.17, 15) is 14.4 Å². The van der Waals surface area contributed by atoms with Gasteiger partial charge in [-0.1, -0.05) is 23.8 Å². The molecule has 0 saturated carbocycles. The van der Waals surface area contributed by atoms with E-state index >= 15 is 0 Å². The molecule has 3 amide bonds. The van der Waals surface area contributed by atoms with Gasteiger partial charge in [-0.05, 0) is 60.5 Å². The number of hydrazone groups is 1. The number of amides is 3. The average molecular weight is 445 g/mol. The maximum absolute atomic E-state index is 12.0. The number of hydrogen-bond acceptors (Lipinski definition) is 6. The van der Waals surface area contributed by atoms with E-state index in [0.29, 0.717) is 17.0 Å². The fourth-order valence-corrected chi connectivity index (χ4v) is 2.61. The number of aryl methyl sites for hydroxylation is 1. The van der Waals surface area contributed by atoms with Crippen molar-refractivity contribution in [3.8, 4) is 5.75 Å². The normalized spacial score (nSPS) is 10.5. The molecule has 3 rings (SSSR count). The highest BCUT2D eigenvalue weighted by Gasteiger charge is 2.11. The highest BCUT2D eigenvalue weighted by Crippen LogP contribution is 2.12. The van der Waals surface area contributed by atoms with Gasteiger partial charge in [-0.2, -0.15) is 5.10 Å². The molecule has 0 aliphatic carbocycles. The minimum Gasteiger partial charge on any atom is -0.484 e. The van der Waals surface area contributed by atoms with Crippen LogP contribution in [0, 0.1) is 6.92 Å². The Labute approximate surface area is 190 Å². The van der Waals surface area contributed by atoms with Crippen LogP contribution in [-0.4, -0.2) is 35.5 Å². The number of nitrogens with zero attached hydrogens (tertiary/aromatic N) is 2. The van der Waals surface area contributed by atoms with Crippen LogP contribution in [0.25, 0.3) is 0 Å². The molecule has 1 heterocycles. The van der Waals surface area contributed by atoms with Crippen LogP contribution < -0.4 is 20.8 Å². The molecule has 0 spiro atoms. The van der Waals surface area contributed by atoms with Crippen molar-refractivity contribution in [2.75, 3.05) is 11.9 Å². The Balaban J connectivity index is 1.39. The van der Waals surface area contributed by atoms with Crippen molar-refractivity contribution < 1.29 is 19.1 Å². The second-order valence-corrected chi connectivity index (χ2v) is 7.01. The van der Waals surface area contributed by atoms with Gasteiger partial charge in [-0.15, -0.1) is 0 Å². The molecule has 3 N–H and O–H groups in total. The van der Waals surface area contributed by atoms with Crippen molar-refractivity contribution >= 4 is 29.6 Å². The summed E-state index contributed by atoms with van der Waals surface area (Å²) in [5.74, 6) is -1.45. The summed E-state index contributed by atoms with van der Waals surface area (Å²) in [5.41, 5.74) is 5.42. The highest BCUT2D eigenvalue weighted by molar-refractivity contribution is 6.35. The van der Waals surface area contributed by atoms with E-state index in [-0.39, 0.29) is 19.1 Å². The van der Waals surface area contributed by atoms with E-state index in [4.69, 9.17) is 4.74 Å². The molecule has 0 aliphatic rings. The van der Waals surface area contributed by atoms with E-state index in [2.05, 4.69) is 26.1 Å². The quantitative estimate of drug-likeness (QED) is 0.279. The van der Waals surface area contributed by atoms with E-state index in [1.807, 2.05) is 31.2 Å². The third-order valence-corrected chi connectivity index (χ3v) is 4.35. The predicted octanol–water partition coefficient (Wildman–Crippen LogP) is 2.17. The summed E-state index contributed by atoms with van der Waals surface area (Å²) < 4.78 is 5.47. The van der Waals surface area contributed by atoms with Gasteiger partial charge >= 0.3 is 11.8 Å². The fourth-order valence-electron chi connectivity index (χ4n) is 2.61. The Morgan fingerprint density at radius 2 is 1.76 bits per heavy atom. The van der Waals surface area contributed by atoms with Crippen LogP contribution in [0.15, 0.2) is 78.2 Å². The van der Waals surface area contributed by atoms with E-state index < -0.39 is 11.8 Å². The Kier molecular flexibility index (Phi) is 8.24. The first-order valence-corrected chi connectivity index (χ1v) is 10.1. The van der Waals surface area contributed by atoms with Gasteiger partial charge in [0, 0.05) is 24.6 Å². The molecule has 0 atom stereocenters. The number of ether oxygens (including phenoxy) is 1. The Bertz CT molecular complexity index is 1110. The van der Waals surface area contributed by atoms with Crippen LogP contribution in [0.1, 0.15) is 16.7 Å². The van der Waals surface area contributed by atoms with Gasteiger partial charge < -0.3 is 15.4 Å². The van der Waals surface area contributed by atoms with Gasteiger partial charge in [0.25, 0.3) is 5.91 Å². The van der Waals surface area contributed by atoms with Crippen molar-refractivity contribution in [3.63, 3.8) is 0 Å². The second-order valence-electron chi connectivity index (χ2n) is 7.01. The van der Waals surface area contributed by atoms with E-state index in [1.165, 1.54) is 6.21 Å². The van der Waals surface area contributed by atoms with Crippen molar-refractivity contribution in [1.29, 1.82) is 0 Å². The van der Waals surface area contributed by atoms with Crippen LogP contribution >= 0.6 is 0 Å². The summed E-state index contributed by atoms with van der Waals surface area (Å²) in [5, 5.41) is 9.01. The SMILES string of the molecule is Cc1ccc(NC(=O)COc2ccc(/C=N\NC(=O)C(=O)NCc3cccnc3)cc2)cc1. The lowest BCUT2D eigenvalue weighted by atomic mass is 10.2. The fraction of sp³-hybridized carbons (Fsp3) is 0.125. The molecule has 9 heteroatoms. The molecule has 168 valence electrons. The number of carbonyl (C=O) groups excluding carboxylic acids is 3. The number of pyridine rings is 1. The smallest absolute Gasteiger partial charge is 0.329 e. The Morgan fingerprint density at radius 3 is 2.45 bits per heavy atom. The minimum absolute atomic E-state index is 0.133. The molecule has 0 bridgehead atoms. The molecule has 3 aromatic rings. The molecule has 1 aromatic heterocycles. The Morgan fingerprint density at radius 1 is 1.00 bits per heavy atom. The van der Waals surface area contributed by atoms with Gasteiger partial charge in [0.2, 0.25) is 0 Å². The third kappa shape index (κ3) is 7.91. The lowest BCUT2D eigenvalue weighted by Gasteiger charge is -2.08. The van der Waals surface area contributed by atoms with Gasteiger partial charge in [-0.25, -0.2) is 5.43 Å². The molecule has 9 nitrogen and oxygen atoms in total. The van der Waals surface area contributed by atoms with Gasteiger partial charge in [0.15, 0.2) is 6.61 Å². The first kappa shape index (κ1) is 23.1. The van der Waals surface area contributed by atoms with Crippen LogP contribution in [0.3, 0.4) is 0 Å². The number of hydrogen-bond donors (Lipinski definition) is 3. The summed E-state index contributed by atoms with van der Waals surface area (Å²) in [7, 11) is 0. The van der Waals surface area contributed by atoms with Crippen molar-refractivity contribution in [1.82, 2.24) is 15.7 Å². The Hall–Kier alpha value is -4.53. The van der Waals surface area contributed by atoms with Crippen molar-refractivity contribution in [3.05, 3.63) is 89.7 Å². The first-order chi connectivity index (χ1) is 16.0. The summed E-state index contributed by atoms with van der Waals surface area (Å²) >= 11 is 0. The zero-order chi connectivity index (χ0) is 23.5. The molecular weight excluding hydrogens is 422 g/mol. The number of anilines is 1. The summed E-state index contributed by atoms with van der Waals surface area (Å²) in [6.07, 6.45) is 4.61. The third-order valence-electron chi connectivity index (χ3n) is 4.35. The molecule has 0 radical (unpaired) electrons. The largest absolute Gasteiger partial charge is 0.484 e. The molecule has 33 heavy (non-hydrogen) atoms. The number of nitrogens with one attached hydrogen (secondary N) is 3.